The number of ether oxygens (including phenoxy) is 1. The smallest absolute Gasteiger partial charge is 0.104 e. The van der Waals surface area contributed by atoms with Gasteiger partial charge in [0.1, 0.15) is 5.76 Å². The normalized spacial score (nSPS) is 12.2. The quantitative estimate of drug-likeness (QED) is 0.719. The summed E-state index contributed by atoms with van der Waals surface area (Å²) in [5.41, 5.74) is 1.65. The summed E-state index contributed by atoms with van der Waals surface area (Å²) in [6.45, 7) is -0.0767. The molecule has 0 spiro atoms. The molecule has 82 valence electrons. The molecule has 0 saturated carbocycles. The minimum absolute atomic E-state index is 0.0134. The van der Waals surface area contributed by atoms with Gasteiger partial charge in [0.2, 0.25) is 0 Å². The van der Waals surface area contributed by atoms with E-state index in [1.165, 1.54) is 0 Å². The van der Waals surface area contributed by atoms with E-state index in [0.29, 0.717) is 12.2 Å². The summed E-state index contributed by atoms with van der Waals surface area (Å²) < 4.78 is 5.16. The van der Waals surface area contributed by atoms with Gasteiger partial charge in [-0.1, -0.05) is 30.3 Å². The Kier molecular flexibility index (Phi) is 4.87. The lowest BCUT2D eigenvalue weighted by molar-refractivity contribution is 0.229. The number of benzene rings is 1. The first-order valence-electron chi connectivity index (χ1n) is 4.86. The Balaban J connectivity index is 3.05. The molecule has 0 heterocycles. The molecule has 0 unspecified atom stereocenters. The van der Waals surface area contributed by atoms with Crippen LogP contribution in [-0.4, -0.2) is 30.5 Å². The van der Waals surface area contributed by atoms with Crippen molar-refractivity contribution >= 4 is 5.57 Å². The van der Waals surface area contributed by atoms with Crippen molar-refractivity contribution in [3.8, 4) is 0 Å². The first kappa shape index (κ1) is 11.8. The molecule has 2 N–H and O–H groups in total. The van der Waals surface area contributed by atoms with Gasteiger partial charge in [0, 0.05) is 12.0 Å². The van der Waals surface area contributed by atoms with Gasteiger partial charge in [-0.25, -0.2) is 0 Å². The fourth-order valence-electron chi connectivity index (χ4n) is 1.46. The van der Waals surface area contributed by atoms with Gasteiger partial charge < -0.3 is 14.9 Å². The standard InChI is InChI=1S/C12H16O3/c1-15-12(7-8-13)11(9-14)10-5-3-2-4-6-10/h2-6,13-14H,7-9H2,1H3/b12-11-. The number of rotatable bonds is 5. The average Bonchev–Trinajstić information content (AvgIpc) is 2.30. The van der Waals surface area contributed by atoms with Crippen LogP contribution in [0.5, 0.6) is 0 Å². The summed E-state index contributed by atoms with van der Waals surface area (Å²) in [5.74, 6) is 0.631. The lowest BCUT2D eigenvalue weighted by Crippen LogP contribution is -2.01. The molecule has 0 saturated heterocycles. The second-order valence-electron chi connectivity index (χ2n) is 3.10. The second kappa shape index (κ2) is 6.22. The van der Waals surface area contributed by atoms with E-state index in [1.807, 2.05) is 30.3 Å². The highest BCUT2D eigenvalue weighted by Crippen LogP contribution is 2.20. The van der Waals surface area contributed by atoms with Crippen LogP contribution in [0, 0.1) is 0 Å². The summed E-state index contributed by atoms with van der Waals surface area (Å²) in [7, 11) is 1.55. The average molecular weight is 208 g/mol. The number of hydrogen-bond acceptors (Lipinski definition) is 3. The van der Waals surface area contributed by atoms with Crippen molar-refractivity contribution in [2.24, 2.45) is 0 Å². The maximum atomic E-state index is 9.29. The van der Waals surface area contributed by atoms with Gasteiger partial charge in [-0.15, -0.1) is 0 Å². The van der Waals surface area contributed by atoms with Crippen molar-refractivity contribution in [1.29, 1.82) is 0 Å². The third-order valence-electron chi connectivity index (χ3n) is 2.20. The van der Waals surface area contributed by atoms with E-state index in [-0.39, 0.29) is 13.2 Å². The monoisotopic (exact) mass is 208 g/mol. The minimum Gasteiger partial charge on any atom is -0.501 e. The Morgan fingerprint density at radius 2 is 1.87 bits per heavy atom. The molecule has 0 aliphatic heterocycles. The molecule has 1 aromatic rings. The van der Waals surface area contributed by atoms with Gasteiger partial charge >= 0.3 is 0 Å². The van der Waals surface area contributed by atoms with Gasteiger partial charge in [-0.3, -0.25) is 0 Å². The zero-order valence-corrected chi connectivity index (χ0v) is 8.81. The number of hydrogen-bond donors (Lipinski definition) is 2. The predicted octanol–water partition coefficient (Wildman–Crippen LogP) is 1.42. The van der Waals surface area contributed by atoms with Gasteiger partial charge in [0.05, 0.1) is 20.3 Å². The fourth-order valence-corrected chi connectivity index (χ4v) is 1.46. The van der Waals surface area contributed by atoms with Crippen molar-refractivity contribution in [1.82, 2.24) is 0 Å². The molecule has 3 heteroatoms. The van der Waals surface area contributed by atoms with Crippen LogP contribution in [0.15, 0.2) is 36.1 Å². The molecular formula is C12H16O3. The molecule has 15 heavy (non-hydrogen) atoms. The van der Waals surface area contributed by atoms with E-state index in [1.54, 1.807) is 7.11 Å². The maximum Gasteiger partial charge on any atom is 0.104 e. The third-order valence-corrected chi connectivity index (χ3v) is 2.20. The molecule has 0 fully saturated rings. The highest BCUT2D eigenvalue weighted by Gasteiger charge is 2.08. The first-order valence-corrected chi connectivity index (χ1v) is 4.86. The Morgan fingerprint density at radius 1 is 1.20 bits per heavy atom. The highest BCUT2D eigenvalue weighted by atomic mass is 16.5. The summed E-state index contributed by atoms with van der Waals surface area (Å²) in [6.07, 6.45) is 0.418. The zero-order valence-electron chi connectivity index (χ0n) is 8.81. The van der Waals surface area contributed by atoms with E-state index in [2.05, 4.69) is 0 Å². The molecule has 0 radical (unpaired) electrons. The topological polar surface area (TPSA) is 49.7 Å². The summed E-state index contributed by atoms with van der Waals surface area (Å²) in [5, 5.41) is 18.2. The van der Waals surface area contributed by atoms with Crippen molar-refractivity contribution in [3.63, 3.8) is 0 Å². The molecular weight excluding hydrogens is 192 g/mol. The van der Waals surface area contributed by atoms with E-state index in [4.69, 9.17) is 9.84 Å². The lowest BCUT2D eigenvalue weighted by atomic mass is 10.0. The van der Waals surface area contributed by atoms with Crippen LogP contribution >= 0.6 is 0 Å². The Morgan fingerprint density at radius 3 is 2.33 bits per heavy atom. The molecule has 1 aromatic carbocycles. The fraction of sp³-hybridized carbons (Fsp3) is 0.333. The van der Waals surface area contributed by atoms with Crippen LogP contribution in [0.2, 0.25) is 0 Å². The first-order chi connectivity index (χ1) is 7.33. The molecule has 0 atom stereocenters. The Hall–Kier alpha value is -1.32. The van der Waals surface area contributed by atoms with E-state index in [9.17, 15) is 5.11 Å². The number of methoxy groups -OCH3 is 1. The van der Waals surface area contributed by atoms with Gasteiger partial charge in [-0.05, 0) is 5.56 Å². The van der Waals surface area contributed by atoms with Crippen molar-refractivity contribution in [2.75, 3.05) is 20.3 Å². The SMILES string of the molecule is CO/C(CCO)=C(/CO)c1ccccc1. The van der Waals surface area contributed by atoms with Gasteiger partial charge in [-0.2, -0.15) is 0 Å². The minimum atomic E-state index is -0.0901. The van der Waals surface area contributed by atoms with E-state index >= 15 is 0 Å². The predicted molar refractivity (Wildman–Crippen MR) is 59.2 cm³/mol. The van der Waals surface area contributed by atoms with Crippen LogP contribution < -0.4 is 0 Å². The summed E-state index contributed by atoms with van der Waals surface area (Å²) >= 11 is 0. The molecule has 1 rings (SSSR count). The Bertz CT molecular complexity index is 317. The summed E-state index contributed by atoms with van der Waals surface area (Å²) in [6, 6.07) is 9.52. The molecule has 0 aliphatic carbocycles. The largest absolute Gasteiger partial charge is 0.501 e. The second-order valence-corrected chi connectivity index (χ2v) is 3.10. The van der Waals surface area contributed by atoms with E-state index in [0.717, 1.165) is 11.1 Å². The maximum absolute atomic E-state index is 9.29. The van der Waals surface area contributed by atoms with E-state index < -0.39 is 0 Å². The third kappa shape index (κ3) is 3.08. The highest BCUT2D eigenvalue weighted by molar-refractivity contribution is 5.68. The van der Waals surface area contributed by atoms with Crippen LogP contribution in [0.4, 0.5) is 0 Å². The van der Waals surface area contributed by atoms with Crippen molar-refractivity contribution in [2.45, 2.75) is 6.42 Å². The van der Waals surface area contributed by atoms with Crippen LogP contribution in [0.3, 0.4) is 0 Å². The molecule has 0 aromatic heterocycles. The van der Waals surface area contributed by atoms with Gasteiger partial charge in [0.25, 0.3) is 0 Å². The summed E-state index contributed by atoms with van der Waals surface area (Å²) in [4.78, 5) is 0. The molecule has 0 aliphatic rings. The van der Waals surface area contributed by atoms with Crippen LogP contribution in [0.25, 0.3) is 5.57 Å². The molecule has 3 nitrogen and oxygen atoms in total. The van der Waals surface area contributed by atoms with Gasteiger partial charge in [0.15, 0.2) is 0 Å². The zero-order chi connectivity index (χ0) is 11.1. The molecule has 0 bridgehead atoms. The van der Waals surface area contributed by atoms with Crippen LogP contribution in [-0.2, 0) is 4.74 Å². The Labute approximate surface area is 89.6 Å². The lowest BCUT2D eigenvalue weighted by Gasteiger charge is -2.11. The number of aliphatic hydroxyl groups is 2. The van der Waals surface area contributed by atoms with Crippen molar-refractivity contribution in [3.05, 3.63) is 41.7 Å². The molecule has 0 amide bonds. The number of aliphatic hydroxyl groups excluding tert-OH is 2. The van der Waals surface area contributed by atoms with Crippen LogP contribution in [0.1, 0.15) is 12.0 Å². The van der Waals surface area contributed by atoms with Crippen molar-refractivity contribution < 1.29 is 14.9 Å².